The van der Waals surface area contributed by atoms with E-state index in [2.05, 4.69) is 0 Å². The van der Waals surface area contributed by atoms with Crippen LogP contribution in [0.25, 0.3) is 0 Å². The molecule has 2 aromatic heterocycles. The normalized spacial score (nSPS) is 10.6. The van der Waals surface area contributed by atoms with Crippen molar-refractivity contribution in [3.63, 3.8) is 0 Å². The van der Waals surface area contributed by atoms with Crippen LogP contribution in [-0.4, -0.2) is 0 Å². The summed E-state index contributed by atoms with van der Waals surface area (Å²) in [6.45, 7) is 3.68. The first-order valence-corrected chi connectivity index (χ1v) is 7.46. The fourth-order valence-electron chi connectivity index (χ4n) is 1.35. The molecule has 0 N–H and O–H groups in total. The number of aryl methyl sites for hydroxylation is 2. The van der Waals surface area contributed by atoms with E-state index >= 15 is 0 Å². The lowest BCUT2D eigenvalue weighted by molar-refractivity contribution is -0.651. The van der Waals surface area contributed by atoms with Crippen LogP contribution < -0.4 is 9.46 Å². The molecule has 0 fully saturated rings. The third-order valence-electron chi connectivity index (χ3n) is 2.35. The molecule has 2 aromatic rings. The van der Waals surface area contributed by atoms with Crippen molar-refractivity contribution in [2.45, 2.75) is 23.9 Å². The third kappa shape index (κ3) is 2.88. The van der Waals surface area contributed by atoms with E-state index in [1.807, 2.05) is 13.0 Å². The predicted octanol–water partition coefficient (Wildman–Crippen LogP) is 2.37. The number of rotatable bonds is 3. The van der Waals surface area contributed by atoms with Crippen LogP contribution in [0.1, 0.15) is 11.3 Å². The zero-order valence-electron chi connectivity index (χ0n) is 9.99. The van der Waals surface area contributed by atoms with Gasteiger partial charge in [-0.3, -0.25) is 0 Å². The zero-order chi connectivity index (χ0) is 13.1. The topological polar surface area (TPSA) is 53.9 Å². The maximum absolute atomic E-state index is 11.7. The summed E-state index contributed by atoms with van der Waals surface area (Å²) in [6.07, 6.45) is 1.47. The smallest absolute Gasteiger partial charge is 0.262 e. The van der Waals surface area contributed by atoms with Crippen LogP contribution in [0.3, 0.4) is 0 Å². The van der Waals surface area contributed by atoms with Gasteiger partial charge in [0.25, 0.3) is 10.1 Å². The molecule has 0 amide bonds. The molecule has 0 bridgehead atoms. The molecule has 0 aliphatic carbocycles. The van der Waals surface area contributed by atoms with Crippen LogP contribution in [0, 0.1) is 24.3 Å². The molecule has 0 aliphatic heterocycles. The highest BCUT2D eigenvalue weighted by molar-refractivity contribution is 8.76. The van der Waals surface area contributed by atoms with Crippen molar-refractivity contribution in [1.82, 2.24) is 0 Å². The van der Waals surface area contributed by atoms with Gasteiger partial charge in [0.2, 0.25) is 0 Å². The maximum atomic E-state index is 11.7. The van der Waals surface area contributed by atoms with Gasteiger partial charge < -0.3 is 10.4 Å². The van der Waals surface area contributed by atoms with Gasteiger partial charge in [-0.2, -0.15) is 9.46 Å². The quantitative estimate of drug-likeness (QED) is 0.492. The van der Waals surface area contributed by atoms with E-state index in [-0.39, 0.29) is 0 Å². The highest BCUT2D eigenvalue weighted by Crippen LogP contribution is 2.33. The van der Waals surface area contributed by atoms with E-state index < -0.39 is 0 Å². The second-order valence-electron chi connectivity index (χ2n) is 3.83. The van der Waals surface area contributed by atoms with Gasteiger partial charge >= 0.3 is 0 Å². The van der Waals surface area contributed by atoms with Gasteiger partial charge in [-0.1, -0.05) is 0 Å². The number of hydrogen-bond donors (Lipinski definition) is 0. The SMILES string of the molecule is Cc1cc[n+]([O-])c(SSc2cccc(C)[n+]2[O-])c1. The van der Waals surface area contributed by atoms with Crippen molar-refractivity contribution in [2.75, 3.05) is 0 Å². The summed E-state index contributed by atoms with van der Waals surface area (Å²) in [6, 6.07) is 8.87. The molecule has 18 heavy (non-hydrogen) atoms. The second-order valence-corrected chi connectivity index (χ2v) is 6.00. The van der Waals surface area contributed by atoms with Crippen LogP contribution >= 0.6 is 21.6 Å². The van der Waals surface area contributed by atoms with E-state index in [9.17, 15) is 10.4 Å². The average molecular weight is 280 g/mol. The Hall–Kier alpha value is -1.40. The molecule has 0 aliphatic rings. The number of hydrogen-bond acceptors (Lipinski definition) is 4. The van der Waals surface area contributed by atoms with Crippen LogP contribution in [0.4, 0.5) is 0 Å². The molecule has 0 spiro atoms. The zero-order valence-corrected chi connectivity index (χ0v) is 11.6. The van der Waals surface area contributed by atoms with E-state index in [4.69, 9.17) is 0 Å². The summed E-state index contributed by atoms with van der Waals surface area (Å²) in [4.78, 5) is 0. The van der Waals surface area contributed by atoms with E-state index in [0.717, 1.165) is 15.0 Å². The fourth-order valence-corrected chi connectivity index (χ4v) is 3.48. The molecular formula is C12H12N2O2S2. The first-order valence-electron chi connectivity index (χ1n) is 5.31. The largest absolute Gasteiger partial charge is 0.618 e. The summed E-state index contributed by atoms with van der Waals surface area (Å²) >= 11 is 0. The molecule has 0 unspecified atom stereocenters. The Labute approximate surface area is 113 Å². The molecule has 0 aromatic carbocycles. The van der Waals surface area contributed by atoms with Gasteiger partial charge in [0, 0.05) is 52.8 Å². The summed E-state index contributed by atoms with van der Waals surface area (Å²) in [5.41, 5.74) is 1.66. The lowest BCUT2D eigenvalue weighted by Gasteiger charge is -2.06. The van der Waals surface area contributed by atoms with Gasteiger partial charge in [-0.25, -0.2) is 0 Å². The first kappa shape index (κ1) is 13.0. The van der Waals surface area contributed by atoms with Crippen LogP contribution in [-0.2, 0) is 0 Å². The molecule has 4 nitrogen and oxygen atoms in total. The van der Waals surface area contributed by atoms with Crippen molar-refractivity contribution in [2.24, 2.45) is 0 Å². The number of nitrogens with zero attached hydrogens (tertiary/aromatic N) is 2. The van der Waals surface area contributed by atoms with Crippen molar-refractivity contribution >= 4 is 21.6 Å². The molecule has 2 heterocycles. The van der Waals surface area contributed by atoms with Crippen LogP contribution in [0.15, 0.2) is 46.6 Å². The van der Waals surface area contributed by atoms with Gasteiger partial charge in [-0.15, -0.1) is 0 Å². The van der Waals surface area contributed by atoms with Crippen LogP contribution in [0.5, 0.6) is 0 Å². The van der Waals surface area contributed by atoms with Crippen molar-refractivity contribution in [3.05, 3.63) is 58.2 Å². The molecule has 0 saturated heterocycles. The lowest BCUT2D eigenvalue weighted by Crippen LogP contribution is -2.32. The molecular weight excluding hydrogens is 268 g/mol. The minimum Gasteiger partial charge on any atom is -0.618 e. The minimum atomic E-state index is 0.571. The van der Waals surface area contributed by atoms with E-state index in [1.54, 1.807) is 31.2 Å². The first-order chi connectivity index (χ1) is 8.58. The Morgan fingerprint density at radius 1 is 1.00 bits per heavy atom. The Balaban J connectivity index is 2.16. The molecule has 0 atom stereocenters. The highest BCUT2D eigenvalue weighted by atomic mass is 33.1. The molecule has 0 radical (unpaired) electrons. The van der Waals surface area contributed by atoms with Crippen LogP contribution in [0.2, 0.25) is 0 Å². The summed E-state index contributed by atoms with van der Waals surface area (Å²) in [5.74, 6) is 0. The summed E-state index contributed by atoms with van der Waals surface area (Å²) in [5, 5.41) is 24.4. The van der Waals surface area contributed by atoms with E-state index in [1.165, 1.54) is 27.8 Å². The van der Waals surface area contributed by atoms with E-state index in [0.29, 0.717) is 15.7 Å². The molecule has 2 rings (SSSR count). The molecule has 94 valence electrons. The fraction of sp³-hybridized carbons (Fsp3) is 0.167. The number of aromatic nitrogens is 2. The predicted molar refractivity (Wildman–Crippen MR) is 72.0 cm³/mol. The Kier molecular flexibility index (Phi) is 3.98. The highest BCUT2D eigenvalue weighted by Gasteiger charge is 2.13. The van der Waals surface area contributed by atoms with Gasteiger partial charge in [0.1, 0.15) is 0 Å². The average Bonchev–Trinajstić information content (AvgIpc) is 2.35. The second kappa shape index (κ2) is 5.49. The maximum Gasteiger partial charge on any atom is 0.262 e. The lowest BCUT2D eigenvalue weighted by atomic mass is 10.3. The number of pyridine rings is 2. The minimum absolute atomic E-state index is 0.571. The monoisotopic (exact) mass is 280 g/mol. The van der Waals surface area contributed by atoms with Crippen molar-refractivity contribution < 1.29 is 9.46 Å². The third-order valence-corrected chi connectivity index (χ3v) is 4.65. The Bertz CT molecular complexity index is 574. The van der Waals surface area contributed by atoms with Crippen molar-refractivity contribution in [1.29, 1.82) is 0 Å². The Morgan fingerprint density at radius 2 is 1.72 bits per heavy atom. The Morgan fingerprint density at radius 3 is 2.50 bits per heavy atom. The van der Waals surface area contributed by atoms with Gasteiger partial charge in [0.05, 0.1) is 0 Å². The standard InChI is InChI=1S/C12H12N2O2S2/c1-9-6-7-13(15)12(8-9)18-17-11-5-3-4-10(2)14(11)16/h3-8H,1-2H3. The summed E-state index contributed by atoms with van der Waals surface area (Å²) in [7, 11) is 2.57. The molecule has 6 heteroatoms. The van der Waals surface area contributed by atoms with Gasteiger partial charge in [-0.05, 0) is 18.6 Å². The molecule has 0 saturated carbocycles. The van der Waals surface area contributed by atoms with Crippen molar-refractivity contribution in [3.8, 4) is 0 Å². The summed E-state index contributed by atoms with van der Waals surface area (Å²) < 4.78 is 1.66. The van der Waals surface area contributed by atoms with Gasteiger partial charge in [0.15, 0.2) is 11.9 Å².